The molecular weight excluding hydrogens is 255 g/mol. The zero-order valence-corrected chi connectivity index (χ0v) is 10.2. The second kappa shape index (κ2) is 5.70. The highest BCUT2D eigenvalue weighted by Gasteiger charge is 2.11. The van der Waals surface area contributed by atoms with Gasteiger partial charge in [-0.15, -0.1) is 0 Å². The van der Waals surface area contributed by atoms with Crippen molar-refractivity contribution in [2.24, 2.45) is 0 Å². The zero-order valence-electron chi connectivity index (χ0n) is 9.34. The maximum absolute atomic E-state index is 12.6. The number of aliphatic hydroxyl groups is 1. The fourth-order valence-electron chi connectivity index (χ4n) is 1.37. The number of hydrogen-bond acceptors (Lipinski definition) is 4. The van der Waals surface area contributed by atoms with Gasteiger partial charge in [-0.3, -0.25) is 4.79 Å². The van der Waals surface area contributed by atoms with Crippen molar-refractivity contribution in [1.29, 1.82) is 0 Å². The van der Waals surface area contributed by atoms with E-state index in [4.69, 9.17) is 0 Å². The van der Waals surface area contributed by atoms with Gasteiger partial charge >= 0.3 is 0 Å². The van der Waals surface area contributed by atoms with E-state index in [2.05, 4.69) is 10.3 Å². The first kappa shape index (κ1) is 12.7. The lowest BCUT2D eigenvalue weighted by atomic mass is 10.2. The highest BCUT2D eigenvalue weighted by Crippen LogP contribution is 2.15. The molecule has 1 unspecified atom stereocenters. The number of aromatic nitrogens is 1. The maximum atomic E-state index is 12.6. The molecule has 2 aromatic heterocycles. The Hall–Kier alpha value is -1.79. The Morgan fingerprint density at radius 2 is 2.33 bits per heavy atom. The summed E-state index contributed by atoms with van der Waals surface area (Å²) in [5, 5.41) is 16.0. The Morgan fingerprint density at radius 1 is 1.50 bits per heavy atom. The summed E-state index contributed by atoms with van der Waals surface area (Å²) in [6, 6.07) is 4.25. The minimum absolute atomic E-state index is 0.0919. The Balaban J connectivity index is 1.90. The number of rotatable bonds is 4. The molecule has 1 atom stereocenters. The lowest BCUT2D eigenvalue weighted by molar-refractivity contribution is 0.0911. The summed E-state index contributed by atoms with van der Waals surface area (Å²) in [6.45, 7) is 0.0919. The number of pyridine rings is 1. The van der Waals surface area contributed by atoms with Gasteiger partial charge in [0.15, 0.2) is 0 Å². The number of hydrogen-bond donors (Lipinski definition) is 2. The van der Waals surface area contributed by atoms with Crippen molar-refractivity contribution < 1.29 is 14.3 Å². The second-order valence-electron chi connectivity index (χ2n) is 3.64. The van der Waals surface area contributed by atoms with E-state index in [1.165, 1.54) is 17.4 Å². The molecule has 0 radical (unpaired) electrons. The first-order valence-electron chi connectivity index (χ1n) is 5.27. The minimum Gasteiger partial charge on any atom is -0.387 e. The Morgan fingerprint density at radius 3 is 2.94 bits per heavy atom. The van der Waals surface area contributed by atoms with E-state index in [9.17, 15) is 14.3 Å². The van der Waals surface area contributed by atoms with Gasteiger partial charge in [-0.1, -0.05) is 0 Å². The molecule has 0 aromatic carbocycles. The summed E-state index contributed by atoms with van der Waals surface area (Å²) >= 11 is 1.47. The van der Waals surface area contributed by atoms with Crippen LogP contribution in [0.1, 0.15) is 22.2 Å². The van der Waals surface area contributed by atoms with Crippen molar-refractivity contribution in [2.45, 2.75) is 6.10 Å². The number of carbonyl (C=O) groups excluding carboxylic acids is 1. The third-order valence-electron chi connectivity index (χ3n) is 2.34. The molecule has 0 spiro atoms. The summed E-state index contributed by atoms with van der Waals surface area (Å²) in [4.78, 5) is 15.3. The standard InChI is InChI=1S/C12H11FN2O2S/c13-9-1-2-10(14-5-9)12(17)15-6-11(16)8-3-4-18-7-8/h1-5,7,11,16H,6H2,(H,15,17). The molecule has 0 saturated carbocycles. The van der Waals surface area contributed by atoms with Crippen LogP contribution in [0.2, 0.25) is 0 Å². The molecule has 0 bridgehead atoms. The SMILES string of the molecule is O=C(NCC(O)c1ccsc1)c1ccc(F)cn1. The van der Waals surface area contributed by atoms with Gasteiger partial charge in [0.2, 0.25) is 0 Å². The molecule has 0 aliphatic carbocycles. The molecule has 6 heteroatoms. The largest absolute Gasteiger partial charge is 0.387 e. The van der Waals surface area contributed by atoms with E-state index in [-0.39, 0.29) is 12.2 Å². The molecule has 2 aromatic rings. The lowest BCUT2D eigenvalue weighted by Gasteiger charge is -2.10. The van der Waals surface area contributed by atoms with Crippen LogP contribution in [0.25, 0.3) is 0 Å². The monoisotopic (exact) mass is 266 g/mol. The first-order valence-corrected chi connectivity index (χ1v) is 6.21. The van der Waals surface area contributed by atoms with Crippen LogP contribution < -0.4 is 5.32 Å². The molecule has 18 heavy (non-hydrogen) atoms. The molecule has 4 nitrogen and oxygen atoms in total. The van der Waals surface area contributed by atoms with Crippen LogP contribution in [0.5, 0.6) is 0 Å². The summed E-state index contributed by atoms with van der Waals surface area (Å²) in [6.07, 6.45) is 0.227. The van der Waals surface area contributed by atoms with Crippen molar-refractivity contribution in [1.82, 2.24) is 10.3 Å². The summed E-state index contributed by atoms with van der Waals surface area (Å²) < 4.78 is 12.6. The fraction of sp³-hybridized carbons (Fsp3) is 0.167. The molecule has 2 rings (SSSR count). The number of carbonyl (C=O) groups is 1. The molecule has 0 aliphatic rings. The molecule has 94 valence electrons. The molecule has 0 fully saturated rings. The van der Waals surface area contributed by atoms with Crippen molar-refractivity contribution in [3.8, 4) is 0 Å². The third kappa shape index (κ3) is 3.12. The summed E-state index contributed by atoms with van der Waals surface area (Å²) in [5.41, 5.74) is 0.876. The second-order valence-corrected chi connectivity index (χ2v) is 4.42. The van der Waals surface area contributed by atoms with Gasteiger partial charge in [-0.05, 0) is 34.5 Å². The van der Waals surface area contributed by atoms with Gasteiger partial charge in [0.1, 0.15) is 11.5 Å². The average Bonchev–Trinajstić information content (AvgIpc) is 2.90. The van der Waals surface area contributed by atoms with Crippen molar-refractivity contribution in [3.63, 3.8) is 0 Å². The van der Waals surface area contributed by atoms with Gasteiger partial charge in [0.25, 0.3) is 5.91 Å². The number of amides is 1. The maximum Gasteiger partial charge on any atom is 0.269 e. The van der Waals surface area contributed by atoms with Gasteiger partial charge in [-0.2, -0.15) is 11.3 Å². The van der Waals surface area contributed by atoms with E-state index < -0.39 is 17.8 Å². The number of thiophene rings is 1. The molecular formula is C12H11FN2O2S. The van der Waals surface area contributed by atoms with Crippen LogP contribution in [-0.2, 0) is 0 Å². The van der Waals surface area contributed by atoms with E-state index in [0.29, 0.717) is 0 Å². The van der Waals surface area contributed by atoms with Gasteiger partial charge in [-0.25, -0.2) is 9.37 Å². The van der Waals surface area contributed by atoms with Crippen molar-refractivity contribution >= 4 is 17.2 Å². The quantitative estimate of drug-likeness (QED) is 0.886. The molecule has 1 amide bonds. The number of nitrogens with one attached hydrogen (secondary N) is 1. The van der Waals surface area contributed by atoms with Crippen molar-refractivity contribution in [3.05, 3.63) is 52.2 Å². The smallest absolute Gasteiger partial charge is 0.269 e. The Labute approximate surface area is 107 Å². The van der Waals surface area contributed by atoms with Crippen LogP contribution in [0.15, 0.2) is 35.2 Å². The minimum atomic E-state index is -0.749. The Kier molecular flexibility index (Phi) is 4.01. The fourth-order valence-corrected chi connectivity index (χ4v) is 2.08. The predicted octanol–water partition coefficient (Wildman–Crippen LogP) is 1.75. The molecule has 0 aliphatic heterocycles. The van der Waals surface area contributed by atoms with Crippen LogP contribution in [0, 0.1) is 5.82 Å². The zero-order chi connectivity index (χ0) is 13.0. The van der Waals surface area contributed by atoms with Crippen LogP contribution in [0.4, 0.5) is 4.39 Å². The first-order chi connectivity index (χ1) is 8.66. The van der Waals surface area contributed by atoms with Crippen LogP contribution in [-0.4, -0.2) is 22.5 Å². The predicted molar refractivity (Wildman–Crippen MR) is 65.8 cm³/mol. The van der Waals surface area contributed by atoms with E-state index >= 15 is 0 Å². The van der Waals surface area contributed by atoms with Crippen molar-refractivity contribution in [2.75, 3.05) is 6.54 Å². The Bertz CT molecular complexity index is 513. The summed E-state index contributed by atoms with van der Waals surface area (Å²) in [5.74, 6) is -0.936. The summed E-state index contributed by atoms with van der Waals surface area (Å²) in [7, 11) is 0. The molecule has 2 heterocycles. The topological polar surface area (TPSA) is 62.2 Å². The van der Waals surface area contributed by atoms with Gasteiger partial charge < -0.3 is 10.4 Å². The van der Waals surface area contributed by atoms with Crippen LogP contribution in [0.3, 0.4) is 0 Å². The number of nitrogens with zero attached hydrogens (tertiary/aromatic N) is 1. The van der Waals surface area contributed by atoms with E-state index in [1.54, 1.807) is 6.07 Å². The van der Waals surface area contributed by atoms with Crippen LogP contribution >= 0.6 is 11.3 Å². The highest BCUT2D eigenvalue weighted by molar-refractivity contribution is 7.07. The van der Waals surface area contributed by atoms with Gasteiger partial charge in [0.05, 0.1) is 12.3 Å². The molecule has 2 N–H and O–H groups in total. The van der Waals surface area contributed by atoms with E-state index in [0.717, 1.165) is 17.8 Å². The third-order valence-corrected chi connectivity index (χ3v) is 3.05. The average molecular weight is 266 g/mol. The lowest BCUT2D eigenvalue weighted by Crippen LogP contribution is -2.28. The van der Waals surface area contributed by atoms with E-state index in [1.807, 2.05) is 10.8 Å². The normalized spacial score (nSPS) is 12.1. The highest BCUT2D eigenvalue weighted by atomic mass is 32.1. The molecule has 0 saturated heterocycles. The van der Waals surface area contributed by atoms with Gasteiger partial charge in [0, 0.05) is 6.54 Å². The number of halogens is 1. The number of aliphatic hydroxyl groups excluding tert-OH is 1.